The minimum Gasteiger partial charge on any atom is -0.393 e. The van der Waals surface area contributed by atoms with E-state index < -0.39 is 0 Å². The smallest absolute Gasteiger partial charge is 0.232 e. The summed E-state index contributed by atoms with van der Waals surface area (Å²) < 4.78 is 0. The van der Waals surface area contributed by atoms with Crippen LogP contribution in [0, 0.1) is 11.8 Å². The van der Waals surface area contributed by atoms with Gasteiger partial charge in [-0.2, -0.15) is 0 Å². The Labute approximate surface area is 124 Å². The van der Waals surface area contributed by atoms with E-state index in [9.17, 15) is 14.4 Å². The lowest BCUT2D eigenvalue weighted by Gasteiger charge is -2.19. The van der Waals surface area contributed by atoms with Crippen LogP contribution < -0.4 is 5.73 Å². The van der Waals surface area contributed by atoms with Gasteiger partial charge in [0.1, 0.15) is 0 Å². The van der Waals surface area contributed by atoms with Gasteiger partial charge >= 0.3 is 0 Å². The summed E-state index contributed by atoms with van der Waals surface area (Å²) in [6.45, 7) is 4.06. The molecule has 2 atom stereocenters. The van der Waals surface area contributed by atoms with Crippen LogP contribution >= 0.6 is 12.2 Å². The molecular formula is C13H21N3O3S. The predicted molar refractivity (Wildman–Crippen MR) is 78.7 cm³/mol. The number of thiocarbonyl (C=S) groups is 1. The molecule has 2 unspecified atom stereocenters. The molecule has 1 aliphatic heterocycles. The van der Waals surface area contributed by atoms with Crippen LogP contribution in [0.4, 0.5) is 0 Å². The second-order valence-corrected chi connectivity index (χ2v) is 5.71. The highest BCUT2D eigenvalue weighted by atomic mass is 32.1. The molecular weight excluding hydrogens is 278 g/mol. The Hall–Kier alpha value is -1.50. The zero-order valence-corrected chi connectivity index (χ0v) is 12.9. The van der Waals surface area contributed by atoms with E-state index >= 15 is 0 Å². The summed E-state index contributed by atoms with van der Waals surface area (Å²) in [6, 6.07) is 0. The molecule has 1 aliphatic rings. The summed E-state index contributed by atoms with van der Waals surface area (Å²) in [4.78, 5) is 38.7. The summed E-state index contributed by atoms with van der Waals surface area (Å²) in [5, 5.41) is 0. The van der Waals surface area contributed by atoms with Gasteiger partial charge in [0.05, 0.1) is 4.99 Å². The molecule has 0 aliphatic carbocycles. The molecule has 1 fully saturated rings. The average molecular weight is 299 g/mol. The minimum atomic E-state index is -0.301. The molecule has 1 saturated heterocycles. The second-order valence-electron chi connectivity index (χ2n) is 5.19. The number of carbonyl (C=O) groups is 3. The van der Waals surface area contributed by atoms with Crippen LogP contribution in [0.3, 0.4) is 0 Å². The highest BCUT2D eigenvalue weighted by Gasteiger charge is 2.41. The third-order valence-electron chi connectivity index (χ3n) is 3.73. The van der Waals surface area contributed by atoms with Gasteiger partial charge in [0.25, 0.3) is 0 Å². The van der Waals surface area contributed by atoms with Crippen molar-refractivity contribution in [1.29, 1.82) is 0 Å². The highest BCUT2D eigenvalue weighted by Crippen LogP contribution is 2.25. The molecule has 0 aromatic rings. The maximum atomic E-state index is 11.9. The Morgan fingerprint density at radius 3 is 2.20 bits per heavy atom. The van der Waals surface area contributed by atoms with Crippen LogP contribution in [0.2, 0.25) is 0 Å². The van der Waals surface area contributed by atoms with Gasteiger partial charge in [-0.15, -0.1) is 0 Å². The molecule has 112 valence electrons. The van der Waals surface area contributed by atoms with Crippen LogP contribution in [-0.2, 0) is 14.4 Å². The molecule has 0 aromatic heterocycles. The van der Waals surface area contributed by atoms with E-state index in [4.69, 9.17) is 18.0 Å². The quantitative estimate of drug-likeness (QED) is 0.557. The van der Waals surface area contributed by atoms with Gasteiger partial charge in [-0.05, 0) is 0 Å². The van der Waals surface area contributed by atoms with Gasteiger partial charge in [0.2, 0.25) is 17.7 Å². The summed E-state index contributed by atoms with van der Waals surface area (Å²) in [6.07, 6.45) is 0.595. The molecule has 0 aromatic carbocycles. The van der Waals surface area contributed by atoms with Crippen molar-refractivity contribution < 1.29 is 14.4 Å². The van der Waals surface area contributed by atoms with Crippen molar-refractivity contribution in [2.75, 3.05) is 20.1 Å². The minimum absolute atomic E-state index is 0.130. The SMILES string of the molecule is CC1C(=O)N(CCC(=O)N(C)CCC(N)=S)C(=O)C1C. The fraction of sp³-hybridized carbons (Fsp3) is 0.692. The summed E-state index contributed by atoms with van der Waals surface area (Å²) in [5.41, 5.74) is 5.38. The van der Waals surface area contributed by atoms with E-state index in [1.54, 1.807) is 20.9 Å². The summed E-state index contributed by atoms with van der Waals surface area (Å²) in [5.74, 6) is -1.12. The summed E-state index contributed by atoms with van der Waals surface area (Å²) in [7, 11) is 1.65. The number of hydrogen-bond donors (Lipinski definition) is 1. The zero-order valence-electron chi connectivity index (χ0n) is 12.1. The maximum Gasteiger partial charge on any atom is 0.232 e. The molecule has 6 nitrogen and oxygen atoms in total. The number of nitrogens with two attached hydrogens (primary N) is 1. The van der Waals surface area contributed by atoms with Gasteiger partial charge < -0.3 is 10.6 Å². The van der Waals surface area contributed by atoms with Crippen molar-refractivity contribution in [2.24, 2.45) is 17.6 Å². The normalized spacial score (nSPS) is 22.2. The lowest BCUT2D eigenvalue weighted by Crippen LogP contribution is -2.36. The Morgan fingerprint density at radius 2 is 1.75 bits per heavy atom. The fourth-order valence-electron chi connectivity index (χ4n) is 2.05. The molecule has 2 N–H and O–H groups in total. The van der Waals surface area contributed by atoms with Crippen LogP contribution in [0.25, 0.3) is 0 Å². The first kappa shape index (κ1) is 16.6. The van der Waals surface area contributed by atoms with E-state index in [2.05, 4.69) is 0 Å². The lowest BCUT2D eigenvalue weighted by molar-refractivity contribution is -0.140. The van der Waals surface area contributed by atoms with Gasteiger partial charge in [-0.25, -0.2) is 0 Å². The Balaban J connectivity index is 2.47. The van der Waals surface area contributed by atoms with Crippen LogP contribution in [0.1, 0.15) is 26.7 Å². The first-order chi connectivity index (χ1) is 9.25. The van der Waals surface area contributed by atoms with Crippen LogP contribution in [0.15, 0.2) is 0 Å². The van der Waals surface area contributed by atoms with E-state index in [-0.39, 0.29) is 42.5 Å². The molecule has 0 saturated carbocycles. The Kier molecular flexibility index (Phi) is 5.62. The Morgan fingerprint density at radius 1 is 1.25 bits per heavy atom. The van der Waals surface area contributed by atoms with E-state index in [1.807, 2.05) is 0 Å². The number of amides is 3. The van der Waals surface area contributed by atoms with Crippen molar-refractivity contribution in [2.45, 2.75) is 26.7 Å². The third-order valence-corrected chi connectivity index (χ3v) is 3.93. The lowest BCUT2D eigenvalue weighted by atomic mass is 10.00. The van der Waals surface area contributed by atoms with Crippen molar-refractivity contribution in [3.05, 3.63) is 0 Å². The second kappa shape index (κ2) is 6.78. The van der Waals surface area contributed by atoms with E-state index in [1.165, 1.54) is 9.80 Å². The van der Waals surface area contributed by atoms with Gasteiger partial charge in [-0.3, -0.25) is 19.3 Å². The standard InChI is InChI=1S/C13H21N3O3S/c1-8-9(2)13(19)16(12(8)18)7-5-11(17)15(3)6-4-10(14)20/h8-9H,4-7H2,1-3H3,(H2,14,20). The zero-order chi connectivity index (χ0) is 15.4. The first-order valence-corrected chi connectivity index (χ1v) is 7.04. The molecule has 0 spiro atoms. The van der Waals surface area contributed by atoms with Crippen LogP contribution in [0.5, 0.6) is 0 Å². The number of hydrogen-bond acceptors (Lipinski definition) is 4. The summed E-state index contributed by atoms with van der Waals surface area (Å²) >= 11 is 4.75. The molecule has 1 rings (SSSR count). The average Bonchev–Trinajstić information content (AvgIpc) is 2.58. The number of rotatable bonds is 6. The molecule has 7 heteroatoms. The van der Waals surface area contributed by atoms with Crippen molar-refractivity contribution in [1.82, 2.24) is 9.80 Å². The third kappa shape index (κ3) is 3.75. The van der Waals surface area contributed by atoms with Gasteiger partial charge in [0.15, 0.2) is 0 Å². The van der Waals surface area contributed by atoms with Gasteiger partial charge in [0, 0.05) is 44.8 Å². The number of carbonyl (C=O) groups excluding carboxylic acids is 3. The molecule has 0 bridgehead atoms. The highest BCUT2D eigenvalue weighted by molar-refractivity contribution is 7.80. The fourth-order valence-corrected chi connectivity index (χ4v) is 2.14. The van der Waals surface area contributed by atoms with E-state index in [0.29, 0.717) is 18.0 Å². The predicted octanol–water partition coefficient (Wildman–Crippen LogP) is 0.152. The molecule has 0 radical (unpaired) electrons. The van der Waals surface area contributed by atoms with Crippen molar-refractivity contribution in [3.8, 4) is 0 Å². The molecule has 3 amide bonds. The molecule has 1 heterocycles. The van der Waals surface area contributed by atoms with Crippen molar-refractivity contribution >= 4 is 34.9 Å². The Bertz CT molecular complexity index is 419. The monoisotopic (exact) mass is 299 g/mol. The number of likely N-dealkylation sites (tertiary alicyclic amines) is 1. The maximum absolute atomic E-state index is 11.9. The van der Waals surface area contributed by atoms with Gasteiger partial charge in [-0.1, -0.05) is 26.1 Å². The number of nitrogens with zero attached hydrogens (tertiary/aromatic N) is 2. The van der Waals surface area contributed by atoms with Crippen molar-refractivity contribution in [3.63, 3.8) is 0 Å². The molecule has 20 heavy (non-hydrogen) atoms. The first-order valence-electron chi connectivity index (χ1n) is 6.63. The van der Waals surface area contributed by atoms with E-state index in [0.717, 1.165) is 0 Å². The van der Waals surface area contributed by atoms with Crippen LogP contribution in [-0.4, -0.2) is 52.6 Å². The number of imide groups is 1. The largest absolute Gasteiger partial charge is 0.393 e. The topological polar surface area (TPSA) is 83.7 Å².